The molecule has 2 N–H and O–H groups in total. The maximum absolute atomic E-state index is 14.3. The maximum atomic E-state index is 14.3. The van der Waals surface area contributed by atoms with Crippen molar-refractivity contribution in [2.24, 2.45) is 5.92 Å². The van der Waals surface area contributed by atoms with Gasteiger partial charge >= 0.3 is 0 Å². The fourth-order valence-corrected chi connectivity index (χ4v) is 4.59. The average molecular weight is 385 g/mol. The SMILES string of the molecule is COc1cc(CN2CCC3NNC(c4ccccc4F)C3C2)cc2c1OCO2. The van der Waals surface area contributed by atoms with Gasteiger partial charge in [0.05, 0.1) is 13.2 Å². The maximum Gasteiger partial charge on any atom is 0.231 e. The second kappa shape index (κ2) is 7.24. The predicted octanol–water partition coefficient (Wildman–Crippen LogP) is 2.60. The summed E-state index contributed by atoms with van der Waals surface area (Å²) in [4.78, 5) is 2.42. The number of hydrazine groups is 1. The molecule has 3 heterocycles. The van der Waals surface area contributed by atoms with Crippen LogP contribution in [0.25, 0.3) is 0 Å². The molecule has 2 aromatic carbocycles. The number of nitrogens with one attached hydrogen (secondary N) is 2. The lowest BCUT2D eigenvalue weighted by atomic mass is 9.85. The van der Waals surface area contributed by atoms with Crippen LogP contribution in [0.4, 0.5) is 4.39 Å². The van der Waals surface area contributed by atoms with Crippen molar-refractivity contribution in [3.8, 4) is 17.2 Å². The molecule has 3 aliphatic heterocycles. The minimum Gasteiger partial charge on any atom is -0.493 e. The van der Waals surface area contributed by atoms with Crippen molar-refractivity contribution in [3.05, 3.63) is 53.3 Å². The first-order chi connectivity index (χ1) is 13.7. The summed E-state index contributed by atoms with van der Waals surface area (Å²) in [6, 6.07) is 11.4. The highest BCUT2D eigenvalue weighted by molar-refractivity contribution is 5.55. The summed E-state index contributed by atoms with van der Waals surface area (Å²) in [5.41, 5.74) is 8.55. The first-order valence-corrected chi connectivity index (χ1v) is 9.67. The van der Waals surface area contributed by atoms with E-state index in [-0.39, 0.29) is 18.7 Å². The second-order valence-electron chi connectivity index (χ2n) is 7.61. The van der Waals surface area contributed by atoms with Gasteiger partial charge in [-0.05, 0) is 30.2 Å². The summed E-state index contributed by atoms with van der Waals surface area (Å²) in [5, 5.41) is 0. The van der Waals surface area contributed by atoms with Crippen LogP contribution in [0.15, 0.2) is 36.4 Å². The van der Waals surface area contributed by atoms with Crippen LogP contribution in [0.2, 0.25) is 0 Å². The van der Waals surface area contributed by atoms with Crippen molar-refractivity contribution in [1.29, 1.82) is 0 Å². The number of nitrogens with zero attached hydrogens (tertiary/aromatic N) is 1. The molecule has 3 unspecified atom stereocenters. The van der Waals surface area contributed by atoms with E-state index in [0.29, 0.717) is 23.5 Å². The van der Waals surface area contributed by atoms with Crippen LogP contribution < -0.4 is 25.1 Å². The molecule has 7 heteroatoms. The van der Waals surface area contributed by atoms with E-state index in [1.54, 1.807) is 13.2 Å². The van der Waals surface area contributed by atoms with Crippen LogP contribution >= 0.6 is 0 Å². The first kappa shape index (κ1) is 17.7. The lowest BCUT2D eigenvalue weighted by Gasteiger charge is -2.36. The van der Waals surface area contributed by atoms with Crippen LogP contribution in [-0.2, 0) is 6.54 Å². The third-order valence-corrected chi connectivity index (χ3v) is 5.96. The average Bonchev–Trinajstić information content (AvgIpc) is 3.34. The highest BCUT2D eigenvalue weighted by Crippen LogP contribution is 2.42. The zero-order valence-corrected chi connectivity index (χ0v) is 15.8. The molecule has 0 amide bonds. The summed E-state index contributed by atoms with van der Waals surface area (Å²) >= 11 is 0. The lowest BCUT2D eigenvalue weighted by Crippen LogP contribution is -2.45. The third kappa shape index (κ3) is 3.09. The van der Waals surface area contributed by atoms with Gasteiger partial charge < -0.3 is 14.2 Å². The molecule has 2 saturated heterocycles. The summed E-state index contributed by atoms with van der Waals surface area (Å²) in [6.07, 6.45) is 1.02. The number of hydrogen-bond donors (Lipinski definition) is 2. The van der Waals surface area contributed by atoms with Crippen LogP contribution in [0.5, 0.6) is 17.2 Å². The van der Waals surface area contributed by atoms with Crippen LogP contribution in [0.1, 0.15) is 23.6 Å². The van der Waals surface area contributed by atoms with Crippen molar-refractivity contribution >= 4 is 0 Å². The monoisotopic (exact) mass is 385 g/mol. The first-order valence-electron chi connectivity index (χ1n) is 9.67. The van der Waals surface area contributed by atoms with Gasteiger partial charge in [0.15, 0.2) is 11.5 Å². The number of benzene rings is 2. The Kier molecular flexibility index (Phi) is 4.58. The molecule has 0 radical (unpaired) electrons. The highest BCUT2D eigenvalue weighted by Gasteiger charge is 2.41. The van der Waals surface area contributed by atoms with Gasteiger partial charge in [-0.15, -0.1) is 0 Å². The smallest absolute Gasteiger partial charge is 0.231 e. The van der Waals surface area contributed by atoms with E-state index in [9.17, 15) is 4.39 Å². The van der Waals surface area contributed by atoms with Gasteiger partial charge in [0.2, 0.25) is 12.5 Å². The number of rotatable bonds is 4. The molecular weight excluding hydrogens is 361 g/mol. The number of likely N-dealkylation sites (tertiary alicyclic amines) is 1. The summed E-state index contributed by atoms with van der Waals surface area (Å²) < 4.78 is 30.8. The normalized spacial score (nSPS) is 26.3. The molecule has 2 aromatic rings. The van der Waals surface area contributed by atoms with E-state index >= 15 is 0 Å². The zero-order valence-electron chi connectivity index (χ0n) is 15.8. The topological polar surface area (TPSA) is 55.0 Å². The van der Waals surface area contributed by atoms with Crippen LogP contribution in [0.3, 0.4) is 0 Å². The van der Waals surface area contributed by atoms with Crippen molar-refractivity contribution in [3.63, 3.8) is 0 Å². The minimum atomic E-state index is -0.153. The van der Waals surface area contributed by atoms with Gasteiger partial charge in [0.25, 0.3) is 0 Å². The molecular formula is C21H24FN3O3. The van der Waals surface area contributed by atoms with Gasteiger partial charge in [0.1, 0.15) is 5.82 Å². The second-order valence-corrected chi connectivity index (χ2v) is 7.61. The van der Waals surface area contributed by atoms with E-state index in [1.165, 1.54) is 6.07 Å². The highest BCUT2D eigenvalue weighted by atomic mass is 19.1. The Labute approximate surface area is 163 Å². The van der Waals surface area contributed by atoms with Gasteiger partial charge in [-0.1, -0.05) is 18.2 Å². The van der Waals surface area contributed by atoms with Gasteiger partial charge in [0, 0.05) is 37.2 Å². The molecule has 0 aliphatic carbocycles. The Morgan fingerprint density at radius 2 is 2.11 bits per heavy atom. The molecule has 148 valence electrons. The van der Waals surface area contributed by atoms with E-state index in [2.05, 4.69) is 15.8 Å². The van der Waals surface area contributed by atoms with Crippen molar-refractivity contribution in [2.75, 3.05) is 27.0 Å². The minimum absolute atomic E-state index is 0.0275. The van der Waals surface area contributed by atoms with E-state index in [1.807, 2.05) is 24.3 Å². The number of methoxy groups -OCH3 is 1. The fraction of sp³-hybridized carbons (Fsp3) is 0.429. The fourth-order valence-electron chi connectivity index (χ4n) is 4.59. The molecule has 28 heavy (non-hydrogen) atoms. The molecule has 0 spiro atoms. The quantitative estimate of drug-likeness (QED) is 0.844. The Balaban J connectivity index is 1.34. The summed E-state index contributed by atoms with van der Waals surface area (Å²) in [6.45, 7) is 2.89. The van der Waals surface area contributed by atoms with E-state index in [4.69, 9.17) is 14.2 Å². The Hall–Kier alpha value is -2.35. The standard InChI is InChI=1S/C21H24FN3O3/c1-26-18-8-13(9-19-21(18)28-12-27-19)10-25-7-6-17-15(11-25)20(24-23-17)14-4-2-3-5-16(14)22/h2-5,8-9,15,17,20,23-24H,6-7,10-12H2,1H3. The number of ether oxygens (including phenoxy) is 3. The summed E-state index contributed by atoms with van der Waals surface area (Å²) in [7, 11) is 1.64. The van der Waals surface area contributed by atoms with Gasteiger partial charge in [-0.3, -0.25) is 10.3 Å². The lowest BCUT2D eigenvalue weighted by molar-refractivity contribution is 0.147. The van der Waals surface area contributed by atoms with Crippen molar-refractivity contribution in [2.45, 2.75) is 25.0 Å². The van der Waals surface area contributed by atoms with Crippen molar-refractivity contribution < 1.29 is 18.6 Å². The third-order valence-electron chi connectivity index (χ3n) is 5.96. The molecule has 0 saturated carbocycles. The molecule has 0 bridgehead atoms. The van der Waals surface area contributed by atoms with E-state index in [0.717, 1.165) is 42.9 Å². The Morgan fingerprint density at radius 1 is 1.21 bits per heavy atom. The van der Waals surface area contributed by atoms with Crippen LogP contribution in [-0.4, -0.2) is 37.9 Å². The molecule has 6 nitrogen and oxygen atoms in total. The summed E-state index contributed by atoms with van der Waals surface area (Å²) in [5.74, 6) is 2.27. The van der Waals surface area contributed by atoms with Gasteiger partial charge in [-0.2, -0.15) is 0 Å². The molecule has 0 aromatic heterocycles. The number of hydrogen-bond acceptors (Lipinski definition) is 6. The van der Waals surface area contributed by atoms with Crippen LogP contribution in [0, 0.1) is 11.7 Å². The molecule has 3 atom stereocenters. The molecule has 3 aliphatic rings. The Bertz CT molecular complexity index is 878. The molecule has 5 rings (SSSR count). The van der Waals surface area contributed by atoms with Crippen molar-refractivity contribution in [1.82, 2.24) is 15.8 Å². The number of halogens is 1. The van der Waals surface area contributed by atoms with Gasteiger partial charge in [-0.25, -0.2) is 9.82 Å². The largest absolute Gasteiger partial charge is 0.493 e. The number of fused-ring (bicyclic) bond motifs is 2. The zero-order chi connectivity index (χ0) is 19.1. The van der Waals surface area contributed by atoms with E-state index < -0.39 is 0 Å². The Morgan fingerprint density at radius 3 is 2.96 bits per heavy atom. The number of piperidine rings is 1. The molecule has 2 fully saturated rings. The predicted molar refractivity (Wildman–Crippen MR) is 102 cm³/mol.